The average Bonchev–Trinajstić information content (AvgIpc) is 3.33. The van der Waals surface area contributed by atoms with Crippen molar-refractivity contribution >= 4 is 28.5 Å². The van der Waals surface area contributed by atoms with Crippen molar-refractivity contribution in [2.24, 2.45) is 0 Å². The number of methoxy groups -OCH3 is 1. The molecule has 0 fully saturated rings. The molecular formula is C31H37N5O4. The lowest BCUT2D eigenvalue weighted by Gasteiger charge is -2.35. The normalized spacial score (nSPS) is 12.2. The molecule has 0 radical (unpaired) electrons. The predicted molar refractivity (Wildman–Crippen MR) is 156 cm³/mol. The summed E-state index contributed by atoms with van der Waals surface area (Å²) in [4.78, 5) is 30.0. The molecule has 0 bridgehead atoms. The zero-order valence-electron chi connectivity index (χ0n) is 24.0. The molecule has 4 rings (SSSR count). The van der Waals surface area contributed by atoms with Crippen molar-refractivity contribution in [3.63, 3.8) is 0 Å². The van der Waals surface area contributed by atoms with Gasteiger partial charge in [-0.2, -0.15) is 0 Å². The fraction of sp³-hybridized carbons (Fsp3) is 0.355. The first-order valence-corrected chi connectivity index (χ1v) is 13.5. The Bertz CT molecular complexity index is 1490. The fourth-order valence-electron chi connectivity index (χ4n) is 4.69. The van der Waals surface area contributed by atoms with Crippen molar-refractivity contribution in [2.45, 2.75) is 59.2 Å². The first kappa shape index (κ1) is 28.6. The van der Waals surface area contributed by atoms with Crippen LogP contribution >= 0.6 is 0 Å². The molecule has 40 heavy (non-hydrogen) atoms. The number of rotatable bonds is 10. The van der Waals surface area contributed by atoms with E-state index in [0.717, 1.165) is 11.1 Å². The highest BCUT2D eigenvalue weighted by molar-refractivity contribution is 6.02. The fourth-order valence-corrected chi connectivity index (χ4v) is 4.69. The Labute approximate surface area is 235 Å². The molecule has 0 aliphatic rings. The lowest BCUT2D eigenvalue weighted by atomic mass is 9.98. The van der Waals surface area contributed by atoms with Crippen LogP contribution in [-0.4, -0.2) is 46.1 Å². The van der Waals surface area contributed by atoms with Crippen molar-refractivity contribution in [2.75, 3.05) is 18.6 Å². The van der Waals surface area contributed by atoms with Gasteiger partial charge in [-0.15, -0.1) is 5.10 Å². The summed E-state index contributed by atoms with van der Waals surface area (Å²) < 4.78 is 12.9. The van der Waals surface area contributed by atoms with Gasteiger partial charge in [-0.1, -0.05) is 48.5 Å². The van der Waals surface area contributed by atoms with Crippen molar-refractivity contribution < 1.29 is 19.1 Å². The Morgan fingerprint density at radius 3 is 2.42 bits per heavy atom. The Balaban J connectivity index is 1.89. The minimum Gasteiger partial charge on any atom is -0.493 e. The number of aromatic nitrogens is 3. The summed E-state index contributed by atoms with van der Waals surface area (Å²) in [6.07, 6.45) is 0.673. The smallest absolute Gasteiger partial charge is 0.249 e. The van der Waals surface area contributed by atoms with Crippen LogP contribution in [0.25, 0.3) is 11.0 Å². The van der Waals surface area contributed by atoms with Gasteiger partial charge in [0.05, 0.1) is 19.2 Å². The molecule has 0 saturated carbocycles. The third kappa shape index (κ3) is 6.25. The number of hydrogen-bond acceptors (Lipinski definition) is 6. The number of amides is 2. The molecule has 1 heterocycles. The molecule has 0 unspecified atom stereocenters. The minimum absolute atomic E-state index is 0.105. The van der Waals surface area contributed by atoms with E-state index in [9.17, 15) is 9.59 Å². The zero-order valence-corrected chi connectivity index (χ0v) is 24.0. The summed E-state index contributed by atoms with van der Waals surface area (Å²) in [6.45, 7) is 10.0. The first-order chi connectivity index (χ1) is 19.2. The second-order valence-corrected chi connectivity index (χ2v) is 10.5. The molecule has 1 aromatic heterocycles. The minimum atomic E-state index is -1.00. The highest BCUT2D eigenvalue weighted by Gasteiger charge is 2.36. The predicted octanol–water partition coefficient (Wildman–Crippen LogP) is 5.09. The number of nitrogens with one attached hydrogen (secondary N) is 1. The zero-order chi connectivity index (χ0) is 28.9. The third-order valence-corrected chi connectivity index (χ3v) is 6.41. The van der Waals surface area contributed by atoms with Crippen LogP contribution in [0.1, 0.15) is 51.8 Å². The maximum absolute atomic E-state index is 14.3. The van der Waals surface area contributed by atoms with Gasteiger partial charge in [0, 0.05) is 11.2 Å². The molecule has 1 atom stereocenters. The maximum Gasteiger partial charge on any atom is 0.249 e. The Morgan fingerprint density at radius 1 is 1.00 bits per heavy atom. The molecular weight excluding hydrogens is 506 g/mol. The highest BCUT2D eigenvalue weighted by atomic mass is 16.5. The second-order valence-electron chi connectivity index (χ2n) is 10.5. The van der Waals surface area contributed by atoms with Crippen LogP contribution in [0.5, 0.6) is 11.5 Å². The van der Waals surface area contributed by atoms with E-state index in [2.05, 4.69) is 15.6 Å². The summed E-state index contributed by atoms with van der Waals surface area (Å²) in [6, 6.07) is 19.5. The van der Waals surface area contributed by atoms with Crippen LogP contribution in [0, 0.1) is 0 Å². The lowest BCUT2D eigenvalue weighted by molar-refractivity contribution is -0.128. The molecule has 1 N–H and O–H groups in total. The number of hydrogen-bond donors (Lipinski definition) is 1. The van der Waals surface area contributed by atoms with Crippen molar-refractivity contribution in [3.05, 3.63) is 77.9 Å². The lowest BCUT2D eigenvalue weighted by Crippen LogP contribution is -2.50. The van der Waals surface area contributed by atoms with E-state index in [1.165, 1.54) is 0 Å². The monoisotopic (exact) mass is 543 g/mol. The molecule has 9 heteroatoms. The van der Waals surface area contributed by atoms with E-state index in [0.29, 0.717) is 41.3 Å². The molecule has 0 aliphatic carbocycles. The Kier molecular flexibility index (Phi) is 8.72. The van der Waals surface area contributed by atoms with E-state index in [4.69, 9.17) is 9.47 Å². The van der Waals surface area contributed by atoms with Crippen LogP contribution in [0.15, 0.2) is 66.7 Å². The Morgan fingerprint density at radius 2 is 1.73 bits per heavy atom. The number of fused-ring (bicyclic) bond motifs is 1. The number of benzene rings is 3. The summed E-state index contributed by atoms with van der Waals surface area (Å²) >= 11 is 0. The quantitative estimate of drug-likeness (QED) is 0.299. The summed E-state index contributed by atoms with van der Waals surface area (Å²) in [7, 11) is 1.55. The third-order valence-electron chi connectivity index (χ3n) is 6.41. The van der Waals surface area contributed by atoms with E-state index < -0.39 is 11.6 Å². The van der Waals surface area contributed by atoms with Gasteiger partial charge < -0.3 is 14.8 Å². The van der Waals surface area contributed by atoms with Crippen LogP contribution in [0.3, 0.4) is 0 Å². The largest absolute Gasteiger partial charge is 0.493 e. The Hall–Kier alpha value is -4.40. The van der Waals surface area contributed by atoms with Gasteiger partial charge in [-0.3, -0.25) is 14.5 Å². The van der Waals surface area contributed by atoms with Gasteiger partial charge in [-0.25, -0.2) is 4.68 Å². The van der Waals surface area contributed by atoms with Crippen LogP contribution in [0.4, 0.5) is 5.69 Å². The summed E-state index contributed by atoms with van der Waals surface area (Å²) in [5.74, 6) is 0.413. The molecule has 0 aliphatic heterocycles. The van der Waals surface area contributed by atoms with E-state index in [1.807, 2.05) is 83.1 Å². The van der Waals surface area contributed by atoms with Gasteiger partial charge in [0.2, 0.25) is 11.8 Å². The van der Waals surface area contributed by atoms with Crippen molar-refractivity contribution in [1.82, 2.24) is 20.3 Å². The molecule has 9 nitrogen and oxygen atoms in total. The van der Waals surface area contributed by atoms with Crippen LogP contribution in [-0.2, 0) is 22.6 Å². The van der Waals surface area contributed by atoms with Crippen molar-refractivity contribution in [3.8, 4) is 11.5 Å². The number of aryl methyl sites for hydroxylation is 1. The highest BCUT2D eigenvalue weighted by Crippen LogP contribution is 2.36. The number of anilines is 1. The van der Waals surface area contributed by atoms with E-state index >= 15 is 0 Å². The number of carbonyl (C=O) groups is 2. The summed E-state index contributed by atoms with van der Waals surface area (Å²) in [5, 5.41) is 11.5. The standard InChI is InChI=1S/C31H37N5O4/c1-7-21-13-9-11-15-24(21)36(28(37)20-35-25-16-12-10-14-23(25)33-34-35)29(30(38)32-31(3,4)5)22-17-18-26(40-8-2)27(19-22)39-6/h9-19,29H,7-8,20H2,1-6H3,(H,32,38)/t29-/m0/s1. The average molecular weight is 544 g/mol. The number of carbonyl (C=O) groups excluding carboxylic acids is 2. The van der Waals surface area contributed by atoms with Crippen molar-refractivity contribution in [1.29, 1.82) is 0 Å². The van der Waals surface area contributed by atoms with Gasteiger partial charge in [0.25, 0.3) is 0 Å². The van der Waals surface area contributed by atoms with E-state index in [1.54, 1.807) is 34.9 Å². The SMILES string of the molecule is CCOc1ccc([C@@H](C(=O)NC(C)(C)C)N(C(=O)Cn2nnc3ccccc32)c2ccccc2CC)cc1OC. The van der Waals surface area contributed by atoms with Crippen LogP contribution in [0.2, 0.25) is 0 Å². The van der Waals surface area contributed by atoms with Crippen LogP contribution < -0.4 is 19.7 Å². The molecule has 4 aromatic rings. The number of para-hydroxylation sites is 2. The second kappa shape index (κ2) is 12.2. The topological polar surface area (TPSA) is 98.6 Å². The molecule has 210 valence electrons. The first-order valence-electron chi connectivity index (χ1n) is 13.5. The van der Waals surface area contributed by atoms with Gasteiger partial charge in [0.1, 0.15) is 18.1 Å². The van der Waals surface area contributed by atoms with Gasteiger partial charge >= 0.3 is 0 Å². The molecule has 0 saturated heterocycles. The molecule has 2 amide bonds. The summed E-state index contributed by atoms with van der Waals surface area (Å²) in [5.41, 5.74) is 3.06. The van der Waals surface area contributed by atoms with Gasteiger partial charge in [0.15, 0.2) is 11.5 Å². The molecule has 0 spiro atoms. The molecule has 3 aromatic carbocycles. The number of ether oxygens (including phenoxy) is 2. The maximum atomic E-state index is 14.3. The van der Waals surface area contributed by atoms with Gasteiger partial charge in [-0.05, 0) is 75.6 Å². The van der Waals surface area contributed by atoms with E-state index in [-0.39, 0.29) is 18.4 Å². The number of nitrogens with zero attached hydrogens (tertiary/aromatic N) is 4.